The number of hydrogen-bond acceptors (Lipinski definition) is 7. The van der Waals surface area contributed by atoms with Crippen LogP contribution in [-0.2, 0) is 6.42 Å². The van der Waals surface area contributed by atoms with E-state index in [1.165, 1.54) is 24.7 Å². The van der Waals surface area contributed by atoms with Crippen LogP contribution in [0.3, 0.4) is 0 Å². The number of hydrogen-bond donors (Lipinski definition) is 4. The van der Waals surface area contributed by atoms with Gasteiger partial charge in [-0.1, -0.05) is 6.07 Å². The van der Waals surface area contributed by atoms with Gasteiger partial charge < -0.3 is 30.4 Å². The van der Waals surface area contributed by atoms with Crippen LogP contribution in [0.15, 0.2) is 36.8 Å². The van der Waals surface area contributed by atoms with E-state index >= 15 is 0 Å². The molecule has 0 amide bonds. The third-order valence-electron chi connectivity index (χ3n) is 8.50. The van der Waals surface area contributed by atoms with Crippen molar-refractivity contribution in [3.8, 4) is 0 Å². The first-order valence-electron chi connectivity index (χ1n) is 13.0. The number of H-pyrrole nitrogens is 1. The Morgan fingerprint density at radius 2 is 1.97 bits per heavy atom. The number of imidazole rings is 1. The molecule has 0 spiro atoms. The summed E-state index contributed by atoms with van der Waals surface area (Å²) in [7, 11) is 2.15. The molecule has 1 aromatic carbocycles. The first-order valence-corrected chi connectivity index (χ1v) is 13.0. The lowest BCUT2D eigenvalue weighted by molar-refractivity contribution is -0.00658. The van der Waals surface area contributed by atoms with E-state index in [4.69, 9.17) is 10.7 Å². The van der Waals surface area contributed by atoms with Crippen molar-refractivity contribution in [3.05, 3.63) is 48.2 Å². The fraction of sp³-hybridized carbons (Fsp3) is 0.519. The maximum absolute atomic E-state index is 10.9. The van der Waals surface area contributed by atoms with Gasteiger partial charge in [-0.05, 0) is 69.3 Å². The normalized spacial score (nSPS) is 28.4. The van der Waals surface area contributed by atoms with Crippen LogP contribution in [0.5, 0.6) is 0 Å². The molecule has 0 saturated heterocycles. The Balaban J connectivity index is 1.02. The topological polar surface area (TPSA) is 129 Å². The molecule has 3 aromatic heterocycles. The smallest absolute Gasteiger partial charge is 0.145 e. The van der Waals surface area contributed by atoms with Crippen molar-refractivity contribution in [2.45, 2.75) is 63.3 Å². The highest BCUT2D eigenvalue weighted by Gasteiger charge is 2.44. The van der Waals surface area contributed by atoms with Crippen molar-refractivity contribution in [1.82, 2.24) is 29.4 Å². The van der Waals surface area contributed by atoms with Gasteiger partial charge in [0.05, 0.1) is 28.6 Å². The number of fused-ring (bicyclic) bond motifs is 2. The summed E-state index contributed by atoms with van der Waals surface area (Å²) in [6.45, 7) is 2.87. The van der Waals surface area contributed by atoms with Crippen LogP contribution < -0.4 is 5.73 Å². The second-order valence-corrected chi connectivity index (χ2v) is 10.9. The van der Waals surface area contributed by atoms with Gasteiger partial charge in [-0.15, -0.1) is 0 Å². The predicted octanol–water partition coefficient (Wildman–Crippen LogP) is 2.82. The van der Waals surface area contributed by atoms with Crippen LogP contribution in [0, 0.1) is 18.8 Å². The Labute approximate surface area is 210 Å². The molecule has 36 heavy (non-hydrogen) atoms. The second kappa shape index (κ2) is 9.14. The summed E-state index contributed by atoms with van der Waals surface area (Å²) in [6.07, 6.45) is 6.89. The summed E-state index contributed by atoms with van der Waals surface area (Å²) in [6, 6.07) is 8.52. The number of aliphatic hydroxyl groups is 2. The van der Waals surface area contributed by atoms with Gasteiger partial charge in [0.25, 0.3) is 0 Å². The number of nitrogens with zero attached hydrogens (tertiary/aromatic N) is 5. The largest absolute Gasteiger partial charge is 0.390 e. The van der Waals surface area contributed by atoms with Crippen LogP contribution in [0.1, 0.15) is 43.1 Å². The molecule has 2 aliphatic rings. The first-order chi connectivity index (χ1) is 17.4. The Hall–Kier alpha value is -3.01. The van der Waals surface area contributed by atoms with Gasteiger partial charge in [0.1, 0.15) is 29.7 Å². The van der Waals surface area contributed by atoms with Gasteiger partial charge in [-0.2, -0.15) is 0 Å². The zero-order valence-corrected chi connectivity index (χ0v) is 20.9. The highest BCUT2D eigenvalue weighted by Crippen LogP contribution is 2.40. The van der Waals surface area contributed by atoms with Crippen molar-refractivity contribution in [1.29, 1.82) is 0 Å². The minimum atomic E-state index is -0.836. The molecule has 9 heteroatoms. The molecule has 3 heterocycles. The Kier molecular flexibility index (Phi) is 5.94. The molecule has 0 radical (unpaired) electrons. The van der Waals surface area contributed by atoms with E-state index in [0.717, 1.165) is 41.6 Å². The van der Waals surface area contributed by atoms with Crippen molar-refractivity contribution in [2.75, 3.05) is 19.3 Å². The lowest BCUT2D eigenvalue weighted by atomic mass is 9.76. The maximum Gasteiger partial charge on any atom is 0.145 e. The van der Waals surface area contributed by atoms with E-state index in [0.29, 0.717) is 29.8 Å². The van der Waals surface area contributed by atoms with Crippen LogP contribution in [0.25, 0.3) is 22.1 Å². The van der Waals surface area contributed by atoms with Crippen molar-refractivity contribution in [3.63, 3.8) is 0 Å². The Bertz CT molecular complexity index is 1380. The van der Waals surface area contributed by atoms with Gasteiger partial charge in [0.2, 0.25) is 0 Å². The molecule has 9 nitrogen and oxygen atoms in total. The summed E-state index contributed by atoms with van der Waals surface area (Å²) in [5, 5.41) is 22.5. The molecule has 4 atom stereocenters. The van der Waals surface area contributed by atoms with Gasteiger partial charge >= 0.3 is 0 Å². The van der Waals surface area contributed by atoms with Gasteiger partial charge in [-0.3, -0.25) is 0 Å². The molecule has 0 unspecified atom stereocenters. The predicted molar refractivity (Wildman–Crippen MR) is 139 cm³/mol. The van der Waals surface area contributed by atoms with Gasteiger partial charge in [0.15, 0.2) is 0 Å². The van der Waals surface area contributed by atoms with E-state index in [-0.39, 0.29) is 12.0 Å². The van der Waals surface area contributed by atoms with Crippen LogP contribution in [0.4, 0.5) is 5.82 Å². The molecule has 2 saturated carbocycles. The average molecular weight is 490 g/mol. The summed E-state index contributed by atoms with van der Waals surface area (Å²) in [5.74, 6) is 2.21. The minimum Gasteiger partial charge on any atom is -0.390 e. The summed E-state index contributed by atoms with van der Waals surface area (Å²) >= 11 is 0. The number of nitrogens with one attached hydrogen (secondary N) is 1. The Morgan fingerprint density at radius 3 is 2.81 bits per heavy atom. The minimum absolute atomic E-state index is 0.00434. The van der Waals surface area contributed by atoms with Crippen molar-refractivity contribution >= 4 is 27.9 Å². The number of anilines is 1. The Morgan fingerprint density at radius 1 is 1.14 bits per heavy atom. The molecule has 4 aromatic rings. The fourth-order valence-electron chi connectivity index (χ4n) is 6.26. The summed E-state index contributed by atoms with van der Waals surface area (Å²) < 4.78 is 1.94. The van der Waals surface area contributed by atoms with Crippen molar-refractivity contribution in [2.24, 2.45) is 11.8 Å². The number of benzene rings is 1. The standard InChI is InChI=1S/C27H35N7O2/c1-15-3-5-20-21(9-15)32-23(31-20)6-4-16-10-18(11-16)33(2)13-17-12-22(25(36)24(17)35)34-8-7-19-26(28)29-14-30-27(19)34/h3,5,7-9,14,16-18,22,24-25,35-36H,4,6,10-13H2,1-2H3,(H,31,32)(H2,28,29,30)/t16?,17-,18?,22-,24-,25+/m1/s1. The number of nitrogen functional groups attached to an aromatic ring is 1. The van der Waals surface area contributed by atoms with E-state index in [1.54, 1.807) is 0 Å². The number of aliphatic hydroxyl groups excluding tert-OH is 2. The maximum atomic E-state index is 10.9. The third-order valence-corrected chi connectivity index (χ3v) is 8.50. The molecule has 2 aliphatic carbocycles. The molecule has 0 aliphatic heterocycles. The monoisotopic (exact) mass is 489 g/mol. The number of aromatic amines is 1. The van der Waals surface area contributed by atoms with E-state index in [2.05, 4.69) is 52.0 Å². The summed E-state index contributed by atoms with van der Waals surface area (Å²) in [5.41, 5.74) is 10.1. The van der Waals surface area contributed by atoms with Gasteiger partial charge in [-0.25, -0.2) is 15.0 Å². The highest BCUT2D eigenvalue weighted by atomic mass is 16.3. The van der Waals surface area contributed by atoms with E-state index in [1.807, 2.05) is 16.8 Å². The zero-order chi connectivity index (χ0) is 25.0. The molecule has 2 fully saturated rings. The molecular weight excluding hydrogens is 454 g/mol. The molecule has 6 rings (SSSR count). The molecule has 5 N–H and O–H groups in total. The molecular formula is C27H35N7O2. The highest BCUT2D eigenvalue weighted by molar-refractivity contribution is 5.86. The average Bonchev–Trinajstić information content (AvgIpc) is 3.50. The zero-order valence-electron chi connectivity index (χ0n) is 20.9. The third kappa shape index (κ3) is 4.15. The lowest BCUT2D eigenvalue weighted by Crippen LogP contribution is -2.46. The van der Waals surface area contributed by atoms with Crippen LogP contribution in [-0.4, -0.2) is 71.5 Å². The van der Waals surface area contributed by atoms with Crippen LogP contribution in [0.2, 0.25) is 0 Å². The summed E-state index contributed by atoms with van der Waals surface area (Å²) in [4.78, 5) is 19.0. The number of nitrogens with two attached hydrogens (primary N) is 1. The number of aromatic nitrogens is 5. The van der Waals surface area contributed by atoms with E-state index in [9.17, 15) is 10.2 Å². The van der Waals surface area contributed by atoms with E-state index < -0.39 is 12.2 Å². The molecule has 190 valence electrons. The second-order valence-electron chi connectivity index (χ2n) is 10.9. The fourth-order valence-corrected chi connectivity index (χ4v) is 6.26. The number of rotatable bonds is 7. The van der Waals surface area contributed by atoms with Crippen molar-refractivity contribution < 1.29 is 10.2 Å². The molecule has 0 bridgehead atoms. The SMILES string of the molecule is Cc1ccc2nc(CCC3CC(N(C)C[C@H]4C[C@@H](n5ccc6c(N)ncnc65)[C@H](O)[C@@H]4O)C3)[nH]c2c1. The van der Waals surface area contributed by atoms with Gasteiger partial charge in [0, 0.05) is 31.1 Å². The lowest BCUT2D eigenvalue weighted by Gasteiger charge is -2.42. The van der Waals surface area contributed by atoms with Crippen LogP contribution >= 0.6 is 0 Å². The number of aryl methyl sites for hydroxylation is 2. The quantitative estimate of drug-likeness (QED) is 0.314. The first kappa shape index (κ1) is 23.4.